The molecule has 2 rings (SSSR count). The number of amides is 1. The fourth-order valence-corrected chi connectivity index (χ4v) is 2.22. The number of nitrogens with zero attached hydrogens (tertiary/aromatic N) is 3. The molecule has 0 saturated carbocycles. The van der Waals surface area contributed by atoms with Gasteiger partial charge in [-0.3, -0.25) is 4.79 Å². The van der Waals surface area contributed by atoms with Crippen LogP contribution in [0.15, 0.2) is 41.2 Å². The Kier molecular flexibility index (Phi) is 5.57. The van der Waals surface area contributed by atoms with Crippen LogP contribution in [-0.2, 0) is 0 Å². The molecule has 0 aliphatic rings. The van der Waals surface area contributed by atoms with Crippen molar-refractivity contribution < 1.29 is 4.79 Å². The summed E-state index contributed by atoms with van der Waals surface area (Å²) in [5, 5.41) is 7.03. The van der Waals surface area contributed by atoms with Gasteiger partial charge in [-0.05, 0) is 24.1 Å². The highest BCUT2D eigenvalue weighted by atomic mass is 35.5. The van der Waals surface area contributed by atoms with Gasteiger partial charge in [-0.2, -0.15) is 5.10 Å². The molecule has 1 N–H and O–H groups in total. The largest absolute Gasteiger partial charge is 0.348 e. The molecule has 1 amide bonds. The van der Waals surface area contributed by atoms with Crippen LogP contribution in [-0.4, -0.2) is 27.2 Å². The van der Waals surface area contributed by atoms with Gasteiger partial charge in [0.25, 0.3) is 5.91 Å². The number of rotatable bonds is 5. The van der Waals surface area contributed by atoms with E-state index >= 15 is 0 Å². The first-order valence-corrected chi connectivity index (χ1v) is 7.55. The number of carbonyl (C=O) groups is 1. The van der Waals surface area contributed by atoms with Crippen LogP contribution < -0.4 is 5.32 Å². The third-order valence-electron chi connectivity index (χ3n) is 2.98. The average molecular weight is 339 g/mol. The first-order valence-electron chi connectivity index (χ1n) is 6.79. The molecule has 0 spiro atoms. The average Bonchev–Trinajstić information content (AvgIpc) is 2.92. The summed E-state index contributed by atoms with van der Waals surface area (Å²) in [5.74, 6) is 0.558. The molecule has 116 valence electrons. The van der Waals surface area contributed by atoms with Gasteiger partial charge < -0.3 is 5.32 Å². The Morgan fingerprint density at radius 1 is 1.41 bits per heavy atom. The topological polar surface area (TPSA) is 59.8 Å². The number of hydrogen-bond acceptors (Lipinski definition) is 3. The Morgan fingerprint density at radius 2 is 2.18 bits per heavy atom. The zero-order valence-electron chi connectivity index (χ0n) is 12.3. The lowest BCUT2D eigenvalue weighted by molar-refractivity contribution is 0.0956. The second-order valence-corrected chi connectivity index (χ2v) is 5.91. The van der Waals surface area contributed by atoms with Gasteiger partial charge in [0, 0.05) is 12.7 Å². The molecule has 0 aromatic carbocycles. The Labute approximate surface area is 138 Å². The first kappa shape index (κ1) is 16.5. The number of carbonyl (C=O) groups excluding carboxylic acids is 1. The van der Waals surface area contributed by atoms with Crippen molar-refractivity contribution in [1.29, 1.82) is 0 Å². The lowest BCUT2D eigenvalue weighted by Gasteiger charge is -2.11. The minimum Gasteiger partial charge on any atom is -0.348 e. The van der Waals surface area contributed by atoms with E-state index in [1.165, 1.54) is 6.08 Å². The molecule has 0 unspecified atom stereocenters. The summed E-state index contributed by atoms with van der Waals surface area (Å²) in [7, 11) is 0. The lowest BCUT2D eigenvalue weighted by Crippen LogP contribution is -2.24. The van der Waals surface area contributed by atoms with Crippen molar-refractivity contribution in [3.63, 3.8) is 0 Å². The van der Waals surface area contributed by atoms with Gasteiger partial charge in [-0.1, -0.05) is 43.1 Å². The third-order valence-corrected chi connectivity index (χ3v) is 3.29. The quantitative estimate of drug-likeness (QED) is 0.908. The summed E-state index contributed by atoms with van der Waals surface area (Å²) < 4.78 is 1.80. The Hall–Kier alpha value is -1.85. The minimum atomic E-state index is -0.225. The SMILES string of the molecule is CC(C)c1c(C(=O)NCC=C(Cl)Cl)cnn1-c1ccccn1. The van der Waals surface area contributed by atoms with Crippen molar-refractivity contribution in [2.75, 3.05) is 6.54 Å². The maximum absolute atomic E-state index is 12.3. The predicted octanol–water partition coefficient (Wildman–Crippen LogP) is 3.44. The van der Waals surface area contributed by atoms with E-state index in [1.54, 1.807) is 17.1 Å². The molecule has 0 fully saturated rings. The van der Waals surface area contributed by atoms with Crippen molar-refractivity contribution in [1.82, 2.24) is 20.1 Å². The lowest BCUT2D eigenvalue weighted by atomic mass is 10.1. The van der Waals surface area contributed by atoms with E-state index in [4.69, 9.17) is 23.2 Å². The van der Waals surface area contributed by atoms with Crippen LogP contribution in [0.25, 0.3) is 5.82 Å². The van der Waals surface area contributed by atoms with Gasteiger partial charge >= 0.3 is 0 Å². The van der Waals surface area contributed by atoms with Gasteiger partial charge in [-0.25, -0.2) is 9.67 Å². The van der Waals surface area contributed by atoms with Gasteiger partial charge in [0.15, 0.2) is 5.82 Å². The summed E-state index contributed by atoms with van der Waals surface area (Å²) in [5.41, 5.74) is 1.32. The molecule has 0 atom stereocenters. The maximum Gasteiger partial charge on any atom is 0.255 e. The van der Waals surface area contributed by atoms with Crippen molar-refractivity contribution in [2.45, 2.75) is 19.8 Å². The number of aromatic nitrogens is 3. The maximum atomic E-state index is 12.3. The molecule has 0 radical (unpaired) electrons. The third kappa shape index (κ3) is 3.87. The molecule has 0 bridgehead atoms. The zero-order chi connectivity index (χ0) is 16.1. The van der Waals surface area contributed by atoms with E-state index in [1.807, 2.05) is 32.0 Å². The molecule has 5 nitrogen and oxygen atoms in total. The molecule has 2 aromatic rings. The summed E-state index contributed by atoms with van der Waals surface area (Å²) in [6.45, 7) is 4.26. The molecular formula is C15H16Cl2N4O. The number of hydrogen-bond donors (Lipinski definition) is 1. The van der Waals surface area contributed by atoms with E-state index in [0.717, 1.165) is 5.69 Å². The van der Waals surface area contributed by atoms with Crippen molar-refractivity contribution in [3.05, 3.63) is 52.4 Å². The molecule has 2 heterocycles. The van der Waals surface area contributed by atoms with Crippen LogP contribution in [0.2, 0.25) is 0 Å². The van der Waals surface area contributed by atoms with Crippen LogP contribution in [0.1, 0.15) is 35.8 Å². The standard InChI is InChI=1S/C15H16Cl2N4O/c1-10(2)14-11(15(22)19-8-6-12(16)17)9-20-21(14)13-5-3-4-7-18-13/h3-7,9-10H,8H2,1-2H3,(H,19,22). The monoisotopic (exact) mass is 338 g/mol. The van der Waals surface area contributed by atoms with Crippen molar-refractivity contribution in [2.24, 2.45) is 0 Å². The smallest absolute Gasteiger partial charge is 0.255 e. The zero-order valence-corrected chi connectivity index (χ0v) is 13.8. The normalized spacial score (nSPS) is 10.6. The number of halogens is 2. The Balaban J connectivity index is 2.31. The van der Waals surface area contributed by atoms with Crippen LogP contribution >= 0.6 is 23.2 Å². The molecule has 0 saturated heterocycles. The predicted molar refractivity (Wildman–Crippen MR) is 87.6 cm³/mol. The molecule has 2 aromatic heterocycles. The highest BCUT2D eigenvalue weighted by Gasteiger charge is 2.20. The fraction of sp³-hybridized carbons (Fsp3) is 0.267. The Bertz CT molecular complexity index is 676. The van der Waals surface area contributed by atoms with Crippen LogP contribution in [0.4, 0.5) is 0 Å². The summed E-state index contributed by atoms with van der Waals surface area (Å²) in [6.07, 6.45) is 4.75. The molecule has 0 aliphatic heterocycles. The molecule has 0 aliphatic carbocycles. The number of pyridine rings is 1. The first-order chi connectivity index (χ1) is 10.5. The van der Waals surface area contributed by atoms with E-state index in [9.17, 15) is 4.79 Å². The highest BCUT2D eigenvalue weighted by molar-refractivity contribution is 6.55. The fourth-order valence-electron chi connectivity index (χ4n) is 2.07. The Morgan fingerprint density at radius 3 is 2.77 bits per heavy atom. The van der Waals surface area contributed by atoms with Crippen molar-refractivity contribution >= 4 is 29.1 Å². The van der Waals surface area contributed by atoms with Crippen LogP contribution in [0.3, 0.4) is 0 Å². The van der Waals surface area contributed by atoms with Gasteiger partial charge in [-0.15, -0.1) is 0 Å². The molecular weight excluding hydrogens is 323 g/mol. The molecule has 22 heavy (non-hydrogen) atoms. The van der Waals surface area contributed by atoms with E-state index in [0.29, 0.717) is 11.4 Å². The van der Waals surface area contributed by atoms with E-state index in [-0.39, 0.29) is 22.9 Å². The highest BCUT2D eigenvalue weighted by Crippen LogP contribution is 2.22. The van der Waals surface area contributed by atoms with E-state index < -0.39 is 0 Å². The number of nitrogens with one attached hydrogen (secondary N) is 1. The van der Waals surface area contributed by atoms with Crippen molar-refractivity contribution in [3.8, 4) is 5.82 Å². The van der Waals surface area contributed by atoms with Crippen LogP contribution in [0, 0.1) is 0 Å². The van der Waals surface area contributed by atoms with E-state index in [2.05, 4.69) is 15.4 Å². The van der Waals surface area contributed by atoms with Crippen LogP contribution in [0.5, 0.6) is 0 Å². The van der Waals surface area contributed by atoms with Gasteiger partial charge in [0.1, 0.15) is 4.49 Å². The summed E-state index contributed by atoms with van der Waals surface area (Å²) in [4.78, 5) is 16.6. The van der Waals surface area contributed by atoms with Gasteiger partial charge in [0.2, 0.25) is 0 Å². The summed E-state index contributed by atoms with van der Waals surface area (Å²) >= 11 is 11.0. The summed E-state index contributed by atoms with van der Waals surface area (Å²) in [6, 6.07) is 5.55. The second-order valence-electron chi connectivity index (χ2n) is 4.90. The second kappa shape index (κ2) is 7.42. The molecule has 7 heteroatoms. The minimum absolute atomic E-state index is 0.109. The van der Waals surface area contributed by atoms with Gasteiger partial charge in [0.05, 0.1) is 17.5 Å².